The summed E-state index contributed by atoms with van der Waals surface area (Å²) < 4.78 is 5.02. The Morgan fingerprint density at radius 1 is 1.41 bits per heavy atom. The third-order valence-electron chi connectivity index (χ3n) is 4.33. The van der Waals surface area contributed by atoms with Crippen LogP contribution in [0.5, 0.6) is 0 Å². The fourth-order valence-electron chi connectivity index (χ4n) is 3.15. The van der Waals surface area contributed by atoms with Crippen molar-refractivity contribution in [2.24, 2.45) is 5.92 Å². The lowest BCUT2D eigenvalue weighted by atomic mass is 10.1. The number of aliphatic hydroxyl groups excluding tert-OH is 1. The first-order valence-corrected chi connectivity index (χ1v) is 7.81. The number of aliphatic hydroxyl groups is 1. The number of hydrogen-bond donors (Lipinski definition) is 2. The number of ether oxygens (including phenoxy) is 1. The van der Waals surface area contributed by atoms with E-state index >= 15 is 0 Å². The topological polar surface area (TPSA) is 65.6 Å². The molecule has 1 aliphatic rings. The molecule has 5 nitrogen and oxygen atoms in total. The van der Waals surface area contributed by atoms with Gasteiger partial charge in [-0.15, -0.1) is 0 Å². The average molecular weight is 302 g/mol. The van der Waals surface area contributed by atoms with E-state index in [4.69, 9.17) is 4.74 Å². The summed E-state index contributed by atoms with van der Waals surface area (Å²) in [5, 5.41) is 11.3. The molecule has 5 heteroatoms. The van der Waals surface area contributed by atoms with E-state index in [1.54, 1.807) is 6.92 Å². The summed E-state index contributed by atoms with van der Waals surface area (Å²) in [6.07, 6.45) is 2.31. The molecule has 2 aromatic rings. The maximum Gasteiger partial charge on any atom is 0.312 e. The van der Waals surface area contributed by atoms with Crippen LogP contribution in [0.25, 0.3) is 10.9 Å². The van der Waals surface area contributed by atoms with E-state index in [1.165, 1.54) is 10.9 Å². The summed E-state index contributed by atoms with van der Waals surface area (Å²) in [6.45, 7) is 4.08. The van der Waals surface area contributed by atoms with Crippen molar-refractivity contribution in [1.29, 1.82) is 0 Å². The molecule has 0 amide bonds. The molecule has 1 fully saturated rings. The van der Waals surface area contributed by atoms with Crippen LogP contribution in [0, 0.1) is 5.92 Å². The SMILES string of the molecule is CCOC(=O)[C@@H]1CN(CCc2c[nH]c3ccccc23)C[C@@H]1O. The quantitative estimate of drug-likeness (QED) is 0.823. The molecule has 0 saturated carbocycles. The standard InChI is InChI=1S/C17H22N2O3/c1-2-22-17(21)14-10-19(11-16(14)20)8-7-12-9-18-15-6-4-3-5-13(12)15/h3-6,9,14,16,18,20H,2,7-8,10-11H2,1H3/t14-,16+/m1/s1. The minimum atomic E-state index is -0.623. The van der Waals surface area contributed by atoms with Crippen LogP contribution in [-0.4, -0.2) is 53.3 Å². The molecule has 1 aliphatic heterocycles. The second-order valence-electron chi connectivity index (χ2n) is 5.79. The predicted octanol–water partition coefficient (Wildman–Crippen LogP) is 1.57. The highest BCUT2D eigenvalue weighted by atomic mass is 16.5. The van der Waals surface area contributed by atoms with Crippen LogP contribution >= 0.6 is 0 Å². The van der Waals surface area contributed by atoms with E-state index in [-0.39, 0.29) is 5.97 Å². The molecule has 0 unspecified atom stereocenters. The monoisotopic (exact) mass is 302 g/mol. The lowest BCUT2D eigenvalue weighted by Crippen LogP contribution is -2.28. The number of nitrogens with zero attached hydrogens (tertiary/aromatic N) is 1. The first-order valence-electron chi connectivity index (χ1n) is 7.81. The third kappa shape index (κ3) is 3.00. The maximum atomic E-state index is 11.8. The molecule has 1 aromatic carbocycles. The van der Waals surface area contributed by atoms with Gasteiger partial charge in [0.2, 0.25) is 0 Å². The zero-order valence-corrected chi connectivity index (χ0v) is 12.8. The Balaban J connectivity index is 1.59. The van der Waals surface area contributed by atoms with Gasteiger partial charge in [-0.25, -0.2) is 0 Å². The number of esters is 1. The Morgan fingerprint density at radius 3 is 3.05 bits per heavy atom. The summed E-state index contributed by atoms with van der Waals surface area (Å²) in [5.41, 5.74) is 2.41. The van der Waals surface area contributed by atoms with Crippen molar-refractivity contribution in [3.8, 4) is 0 Å². The minimum absolute atomic E-state index is 0.287. The maximum absolute atomic E-state index is 11.8. The van der Waals surface area contributed by atoms with E-state index in [0.29, 0.717) is 19.7 Å². The molecule has 0 bridgehead atoms. The van der Waals surface area contributed by atoms with E-state index in [1.807, 2.05) is 18.3 Å². The van der Waals surface area contributed by atoms with Crippen LogP contribution in [0.1, 0.15) is 12.5 Å². The lowest BCUT2D eigenvalue weighted by molar-refractivity contribution is -0.150. The van der Waals surface area contributed by atoms with Gasteiger partial charge in [0, 0.05) is 36.7 Å². The number of likely N-dealkylation sites (tertiary alicyclic amines) is 1. The van der Waals surface area contributed by atoms with E-state index in [0.717, 1.165) is 18.5 Å². The molecule has 2 atom stereocenters. The van der Waals surface area contributed by atoms with Crippen LogP contribution in [0.2, 0.25) is 0 Å². The molecule has 2 N–H and O–H groups in total. The van der Waals surface area contributed by atoms with Crippen LogP contribution < -0.4 is 0 Å². The fraction of sp³-hybridized carbons (Fsp3) is 0.471. The van der Waals surface area contributed by atoms with Gasteiger partial charge in [-0.1, -0.05) is 18.2 Å². The summed E-state index contributed by atoms with van der Waals surface area (Å²) in [7, 11) is 0. The second-order valence-corrected chi connectivity index (χ2v) is 5.79. The number of carbonyl (C=O) groups excluding carboxylic acids is 1. The molecule has 0 radical (unpaired) electrons. The van der Waals surface area contributed by atoms with Crippen molar-refractivity contribution in [3.05, 3.63) is 36.0 Å². The Kier molecular flexibility index (Phi) is 4.45. The van der Waals surface area contributed by atoms with Gasteiger partial charge in [-0.05, 0) is 25.0 Å². The van der Waals surface area contributed by atoms with E-state index in [9.17, 15) is 9.90 Å². The largest absolute Gasteiger partial charge is 0.466 e. The van der Waals surface area contributed by atoms with Gasteiger partial charge in [0.25, 0.3) is 0 Å². The second kappa shape index (κ2) is 6.50. The van der Waals surface area contributed by atoms with Gasteiger partial charge in [-0.3, -0.25) is 9.69 Å². The molecular formula is C17H22N2O3. The number of β-amino-alcohol motifs (C(OH)–C–C–N with tert-alkyl or cyclic N) is 1. The molecule has 1 aromatic heterocycles. The zero-order valence-electron chi connectivity index (χ0n) is 12.8. The summed E-state index contributed by atoms with van der Waals surface area (Å²) >= 11 is 0. The van der Waals surface area contributed by atoms with Crippen molar-refractivity contribution in [1.82, 2.24) is 9.88 Å². The number of benzene rings is 1. The van der Waals surface area contributed by atoms with Gasteiger partial charge in [0.1, 0.15) is 0 Å². The van der Waals surface area contributed by atoms with Crippen molar-refractivity contribution in [2.75, 3.05) is 26.2 Å². The Bertz CT molecular complexity index is 652. The molecule has 118 valence electrons. The van der Waals surface area contributed by atoms with Crippen molar-refractivity contribution in [2.45, 2.75) is 19.4 Å². The highest BCUT2D eigenvalue weighted by Gasteiger charge is 2.37. The zero-order chi connectivity index (χ0) is 15.5. The highest BCUT2D eigenvalue weighted by Crippen LogP contribution is 2.21. The normalized spacial score (nSPS) is 22.3. The smallest absolute Gasteiger partial charge is 0.312 e. The average Bonchev–Trinajstić information content (AvgIpc) is 3.09. The van der Waals surface area contributed by atoms with Gasteiger partial charge < -0.3 is 14.8 Å². The Labute approximate surface area is 129 Å². The highest BCUT2D eigenvalue weighted by molar-refractivity contribution is 5.83. The minimum Gasteiger partial charge on any atom is -0.466 e. The van der Waals surface area contributed by atoms with Gasteiger partial charge in [0.15, 0.2) is 0 Å². The first-order chi connectivity index (χ1) is 10.7. The van der Waals surface area contributed by atoms with Crippen molar-refractivity contribution in [3.63, 3.8) is 0 Å². The number of hydrogen-bond acceptors (Lipinski definition) is 4. The number of carbonyl (C=O) groups is 1. The summed E-state index contributed by atoms with van der Waals surface area (Å²) in [5.74, 6) is -0.701. The van der Waals surface area contributed by atoms with Gasteiger partial charge >= 0.3 is 5.97 Å². The van der Waals surface area contributed by atoms with E-state index < -0.39 is 12.0 Å². The molecule has 3 rings (SSSR count). The van der Waals surface area contributed by atoms with Gasteiger partial charge in [0.05, 0.1) is 18.6 Å². The number of fused-ring (bicyclic) bond motifs is 1. The van der Waals surface area contributed by atoms with E-state index in [2.05, 4.69) is 22.0 Å². The number of para-hydroxylation sites is 1. The molecule has 22 heavy (non-hydrogen) atoms. The Hall–Kier alpha value is -1.85. The third-order valence-corrected chi connectivity index (χ3v) is 4.33. The Morgan fingerprint density at radius 2 is 2.23 bits per heavy atom. The van der Waals surface area contributed by atoms with Crippen LogP contribution in [0.3, 0.4) is 0 Å². The number of rotatable bonds is 5. The number of aromatic amines is 1. The number of aromatic nitrogens is 1. The molecule has 2 heterocycles. The fourth-order valence-corrected chi connectivity index (χ4v) is 3.15. The van der Waals surface area contributed by atoms with Crippen LogP contribution in [-0.2, 0) is 16.0 Å². The van der Waals surface area contributed by atoms with Crippen molar-refractivity contribution >= 4 is 16.9 Å². The van der Waals surface area contributed by atoms with Crippen molar-refractivity contribution < 1.29 is 14.6 Å². The summed E-state index contributed by atoms with van der Waals surface area (Å²) in [4.78, 5) is 17.2. The number of nitrogens with one attached hydrogen (secondary N) is 1. The first kappa shape index (κ1) is 15.1. The molecular weight excluding hydrogens is 280 g/mol. The lowest BCUT2D eigenvalue weighted by Gasteiger charge is -2.14. The van der Waals surface area contributed by atoms with Crippen LogP contribution in [0.4, 0.5) is 0 Å². The molecule has 1 saturated heterocycles. The predicted molar refractivity (Wildman–Crippen MR) is 84.6 cm³/mol. The number of H-pyrrole nitrogens is 1. The summed E-state index contributed by atoms with van der Waals surface area (Å²) in [6, 6.07) is 8.23. The molecule has 0 aliphatic carbocycles. The van der Waals surface area contributed by atoms with Crippen LogP contribution in [0.15, 0.2) is 30.5 Å². The van der Waals surface area contributed by atoms with Gasteiger partial charge in [-0.2, -0.15) is 0 Å². The molecule has 0 spiro atoms.